The minimum Gasteiger partial charge on any atom is -0.495 e. The van der Waals surface area contributed by atoms with Gasteiger partial charge in [-0.1, -0.05) is 17.7 Å². The molecule has 0 spiro atoms. The first-order valence-electron chi connectivity index (χ1n) is 7.93. The number of nitrogens with zero attached hydrogens (tertiary/aromatic N) is 2. The van der Waals surface area contributed by atoms with Gasteiger partial charge >= 0.3 is 0 Å². The molecule has 0 bridgehead atoms. The van der Waals surface area contributed by atoms with Gasteiger partial charge in [-0.2, -0.15) is 0 Å². The van der Waals surface area contributed by atoms with Crippen molar-refractivity contribution >= 4 is 45.0 Å². The number of thioether (sulfide) groups is 1. The fraction of sp³-hybridized carbons (Fsp3) is 0.294. The number of amides is 1. The van der Waals surface area contributed by atoms with Gasteiger partial charge in [0.15, 0.2) is 0 Å². The molecule has 1 N–H and O–H groups in total. The Labute approximate surface area is 168 Å². The fourth-order valence-electron chi connectivity index (χ4n) is 2.20. The van der Waals surface area contributed by atoms with Gasteiger partial charge in [0.1, 0.15) is 12.3 Å². The van der Waals surface area contributed by atoms with Crippen LogP contribution in [0.25, 0.3) is 0 Å². The standard InChI is InChI=1S/C17H20ClN3O4S2/c1-25-15-7-6-13(18)11-14(15)21(27(2,23)24)12-16(22)19-9-10-26-17-5-3-4-8-20-17/h3-8,11H,9-10,12H2,1-2H3,(H,19,22). The molecule has 1 heterocycles. The molecule has 7 nitrogen and oxygen atoms in total. The molecule has 0 radical (unpaired) electrons. The molecule has 0 saturated heterocycles. The van der Waals surface area contributed by atoms with Gasteiger partial charge < -0.3 is 10.1 Å². The van der Waals surface area contributed by atoms with Crippen LogP contribution in [0.4, 0.5) is 5.69 Å². The van der Waals surface area contributed by atoms with Gasteiger partial charge in [-0.25, -0.2) is 13.4 Å². The van der Waals surface area contributed by atoms with Crippen LogP contribution < -0.4 is 14.4 Å². The molecule has 2 aromatic rings. The van der Waals surface area contributed by atoms with Crippen LogP contribution in [0, 0.1) is 0 Å². The summed E-state index contributed by atoms with van der Waals surface area (Å²) < 4.78 is 30.6. The average Bonchev–Trinajstić information content (AvgIpc) is 2.63. The molecule has 146 valence electrons. The van der Waals surface area contributed by atoms with Crippen molar-refractivity contribution in [2.45, 2.75) is 5.03 Å². The Hall–Kier alpha value is -1.97. The van der Waals surface area contributed by atoms with Crippen molar-refractivity contribution in [1.29, 1.82) is 0 Å². The Balaban J connectivity index is 2.00. The molecule has 27 heavy (non-hydrogen) atoms. The second kappa shape index (κ2) is 9.82. The highest BCUT2D eigenvalue weighted by Gasteiger charge is 2.24. The molecule has 0 atom stereocenters. The number of carbonyl (C=O) groups is 1. The second-order valence-electron chi connectivity index (χ2n) is 5.45. The summed E-state index contributed by atoms with van der Waals surface area (Å²) in [6.07, 6.45) is 2.72. The third kappa shape index (κ3) is 6.60. The lowest BCUT2D eigenvalue weighted by molar-refractivity contribution is -0.119. The molecule has 1 amide bonds. The maximum Gasteiger partial charge on any atom is 0.240 e. The van der Waals surface area contributed by atoms with E-state index in [1.54, 1.807) is 18.3 Å². The predicted octanol–water partition coefficient (Wildman–Crippen LogP) is 2.42. The van der Waals surface area contributed by atoms with E-state index in [0.717, 1.165) is 15.6 Å². The number of pyridine rings is 1. The lowest BCUT2D eigenvalue weighted by Crippen LogP contribution is -2.41. The molecule has 10 heteroatoms. The van der Waals surface area contributed by atoms with Crippen LogP contribution in [0.3, 0.4) is 0 Å². The van der Waals surface area contributed by atoms with Crippen molar-refractivity contribution in [3.8, 4) is 5.75 Å². The van der Waals surface area contributed by atoms with Gasteiger partial charge in [-0.05, 0) is 30.3 Å². The van der Waals surface area contributed by atoms with Crippen LogP contribution in [0.5, 0.6) is 5.75 Å². The van der Waals surface area contributed by atoms with Crippen molar-refractivity contribution in [2.24, 2.45) is 0 Å². The predicted molar refractivity (Wildman–Crippen MR) is 108 cm³/mol. The van der Waals surface area contributed by atoms with Gasteiger partial charge in [-0.15, -0.1) is 11.8 Å². The second-order valence-corrected chi connectivity index (χ2v) is 8.91. The topological polar surface area (TPSA) is 88.6 Å². The molecule has 0 aliphatic heterocycles. The average molecular weight is 430 g/mol. The highest BCUT2D eigenvalue weighted by molar-refractivity contribution is 7.99. The molecule has 1 aromatic carbocycles. The molecule has 0 aliphatic rings. The SMILES string of the molecule is COc1ccc(Cl)cc1N(CC(=O)NCCSc1ccccn1)S(C)(=O)=O. The van der Waals surface area contributed by atoms with E-state index in [2.05, 4.69) is 10.3 Å². The number of benzene rings is 1. The molecule has 0 unspecified atom stereocenters. The van der Waals surface area contributed by atoms with Gasteiger partial charge in [0, 0.05) is 23.5 Å². The summed E-state index contributed by atoms with van der Waals surface area (Å²) in [6.45, 7) is 0.00808. The summed E-state index contributed by atoms with van der Waals surface area (Å²) in [6, 6.07) is 10.2. The molecule has 0 aliphatic carbocycles. The van der Waals surface area contributed by atoms with E-state index in [-0.39, 0.29) is 12.2 Å². The number of hydrogen-bond donors (Lipinski definition) is 1. The number of anilines is 1. The zero-order valence-corrected chi connectivity index (χ0v) is 17.3. The Morgan fingerprint density at radius 3 is 2.74 bits per heavy atom. The third-order valence-electron chi connectivity index (χ3n) is 3.41. The first-order valence-corrected chi connectivity index (χ1v) is 11.1. The Morgan fingerprint density at radius 2 is 2.11 bits per heavy atom. The highest BCUT2D eigenvalue weighted by Crippen LogP contribution is 2.32. The number of sulfonamides is 1. The monoisotopic (exact) mass is 429 g/mol. The Bertz CT molecular complexity index is 879. The number of nitrogens with one attached hydrogen (secondary N) is 1. The third-order valence-corrected chi connectivity index (χ3v) is 5.72. The van der Waals surface area contributed by atoms with Crippen LogP contribution in [0.15, 0.2) is 47.6 Å². The lowest BCUT2D eigenvalue weighted by Gasteiger charge is -2.24. The molecule has 1 aromatic heterocycles. The summed E-state index contributed by atoms with van der Waals surface area (Å²) in [5.41, 5.74) is 0.213. The van der Waals surface area contributed by atoms with E-state index in [1.807, 2.05) is 18.2 Å². The molecular formula is C17H20ClN3O4S2. The van der Waals surface area contributed by atoms with Gasteiger partial charge in [0.05, 0.1) is 24.1 Å². The number of carbonyl (C=O) groups excluding carboxylic acids is 1. The molecule has 2 rings (SSSR count). The first kappa shape index (κ1) is 21.3. The number of ether oxygens (including phenoxy) is 1. The van der Waals surface area contributed by atoms with E-state index < -0.39 is 15.9 Å². The largest absolute Gasteiger partial charge is 0.495 e. The molecular weight excluding hydrogens is 410 g/mol. The van der Waals surface area contributed by atoms with Crippen molar-refractivity contribution in [2.75, 3.05) is 36.5 Å². The summed E-state index contributed by atoms with van der Waals surface area (Å²) >= 11 is 7.47. The minimum atomic E-state index is -3.72. The maximum absolute atomic E-state index is 12.3. The molecule has 0 saturated carbocycles. The van der Waals surface area contributed by atoms with Crippen molar-refractivity contribution < 1.29 is 17.9 Å². The highest BCUT2D eigenvalue weighted by atomic mass is 35.5. The smallest absolute Gasteiger partial charge is 0.240 e. The van der Waals surface area contributed by atoms with Gasteiger partial charge in [0.2, 0.25) is 15.9 Å². The van der Waals surface area contributed by atoms with Crippen LogP contribution >= 0.6 is 23.4 Å². The number of rotatable bonds is 9. The van der Waals surface area contributed by atoms with Crippen LogP contribution in [-0.4, -0.2) is 51.5 Å². The number of hydrogen-bond acceptors (Lipinski definition) is 6. The van der Waals surface area contributed by atoms with Crippen LogP contribution in [0.1, 0.15) is 0 Å². The summed E-state index contributed by atoms with van der Waals surface area (Å²) in [5, 5.41) is 3.90. The number of aromatic nitrogens is 1. The fourth-order valence-corrected chi connectivity index (χ4v) is 3.95. The van der Waals surface area contributed by atoms with Gasteiger partial charge in [-0.3, -0.25) is 9.10 Å². The van der Waals surface area contributed by atoms with Crippen LogP contribution in [-0.2, 0) is 14.8 Å². The van der Waals surface area contributed by atoms with Crippen molar-refractivity contribution in [1.82, 2.24) is 10.3 Å². The minimum absolute atomic E-state index is 0.213. The summed E-state index contributed by atoms with van der Waals surface area (Å²) in [4.78, 5) is 16.4. The van der Waals surface area contributed by atoms with E-state index >= 15 is 0 Å². The lowest BCUT2D eigenvalue weighted by atomic mass is 10.3. The van der Waals surface area contributed by atoms with Crippen molar-refractivity contribution in [3.05, 3.63) is 47.6 Å². The van der Waals surface area contributed by atoms with Gasteiger partial charge in [0.25, 0.3) is 0 Å². The maximum atomic E-state index is 12.3. The first-order chi connectivity index (χ1) is 12.8. The normalized spacial score (nSPS) is 11.1. The number of methoxy groups -OCH3 is 1. The zero-order chi connectivity index (χ0) is 19.9. The zero-order valence-electron chi connectivity index (χ0n) is 14.9. The van der Waals surface area contributed by atoms with Crippen LogP contribution in [0.2, 0.25) is 5.02 Å². The quantitative estimate of drug-likeness (QED) is 0.486. The van der Waals surface area contributed by atoms with E-state index in [0.29, 0.717) is 23.1 Å². The Morgan fingerprint density at radius 1 is 1.33 bits per heavy atom. The summed E-state index contributed by atoms with van der Waals surface area (Å²) in [5.74, 6) is 0.495. The van der Waals surface area contributed by atoms with Crippen molar-refractivity contribution in [3.63, 3.8) is 0 Å². The van der Waals surface area contributed by atoms with E-state index in [1.165, 1.54) is 24.9 Å². The van der Waals surface area contributed by atoms with E-state index in [4.69, 9.17) is 16.3 Å². The molecule has 0 fully saturated rings. The summed E-state index contributed by atoms with van der Waals surface area (Å²) in [7, 11) is -2.30. The number of halogens is 1. The Kier molecular flexibility index (Phi) is 7.76. The van der Waals surface area contributed by atoms with E-state index in [9.17, 15) is 13.2 Å².